The zero-order valence-electron chi connectivity index (χ0n) is 12.2. The number of hydrogen-bond donors (Lipinski definition) is 2. The molecule has 1 unspecified atom stereocenters. The molecule has 0 aliphatic carbocycles. The van der Waals surface area contributed by atoms with E-state index in [4.69, 9.17) is 0 Å². The number of anilines is 1. The molecule has 1 atom stereocenters. The molecule has 1 aliphatic rings. The fourth-order valence-electron chi connectivity index (χ4n) is 2.75. The molecule has 1 aromatic carbocycles. The van der Waals surface area contributed by atoms with Gasteiger partial charge in [-0.2, -0.15) is 0 Å². The zero-order valence-corrected chi connectivity index (χ0v) is 13.0. The summed E-state index contributed by atoms with van der Waals surface area (Å²) < 4.78 is 0. The van der Waals surface area contributed by atoms with E-state index >= 15 is 0 Å². The number of carbonyl (C=O) groups is 1. The average molecular weight is 301 g/mol. The summed E-state index contributed by atoms with van der Waals surface area (Å²) in [5, 5.41) is 9.32. The fourth-order valence-corrected chi connectivity index (χ4v) is 3.47. The van der Waals surface area contributed by atoms with Crippen LogP contribution < -0.4 is 10.6 Å². The van der Waals surface area contributed by atoms with E-state index in [1.54, 1.807) is 17.5 Å². The second kappa shape index (κ2) is 5.48. The fraction of sp³-hybridized carbons (Fsp3) is 0.375. The lowest BCUT2D eigenvalue weighted by atomic mass is 9.96. The van der Waals surface area contributed by atoms with Gasteiger partial charge in [-0.05, 0) is 25.5 Å². The number of carbonyl (C=O) groups excluding carboxylic acids is 1. The summed E-state index contributed by atoms with van der Waals surface area (Å²) in [5.41, 5.74) is 1.96. The average Bonchev–Trinajstić information content (AvgIpc) is 3.08. The maximum atomic E-state index is 12.4. The Bertz CT molecular complexity index is 637. The summed E-state index contributed by atoms with van der Waals surface area (Å²) in [4.78, 5) is 16.7. The highest BCUT2D eigenvalue weighted by Crippen LogP contribution is 2.33. The van der Waals surface area contributed by atoms with Crippen molar-refractivity contribution < 1.29 is 4.79 Å². The number of aromatic nitrogens is 1. The van der Waals surface area contributed by atoms with Gasteiger partial charge in [0, 0.05) is 36.1 Å². The quantitative estimate of drug-likeness (QED) is 0.912. The molecule has 0 saturated carbocycles. The van der Waals surface area contributed by atoms with Gasteiger partial charge in [-0.15, -0.1) is 11.3 Å². The molecule has 0 bridgehead atoms. The molecule has 0 fully saturated rings. The molecule has 0 radical (unpaired) electrons. The zero-order chi connectivity index (χ0) is 14.9. The standard InChI is InChI=1S/C16H19N3OS/c1-16(2,15-17-7-8-21-15)19-14(20)9-11-10-18-13-6-4-3-5-12(11)13/h3-8,11,18H,9-10H2,1-2H3,(H,19,20). The molecule has 0 saturated heterocycles. The molecular weight excluding hydrogens is 282 g/mol. The van der Waals surface area contributed by atoms with Crippen molar-refractivity contribution in [3.8, 4) is 0 Å². The van der Waals surface area contributed by atoms with Crippen molar-refractivity contribution in [2.45, 2.75) is 31.7 Å². The van der Waals surface area contributed by atoms with Crippen LogP contribution in [-0.2, 0) is 10.3 Å². The molecule has 4 nitrogen and oxygen atoms in total. The van der Waals surface area contributed by atoms with Crippen LogP contribution in [0.25, 0.3) is 0 Å². The highest BCUT2D eigenvalue weighted by molar-refractivity contribution is 7.09. The van der Waals surface area contributed by atoms with Crippen LogP contribution in [0.2, 0.25) is 0 Å². The summed E-state index contributed by atoms with van der Waals surface area (Å²) in [6, 6.07) is 8.20. The Balaban J connectivity index is 1.66. The molecule has 5 heteroatoms. The first-order chi connectivity index (χ1) is 10.1. The molecule has 110 valence electrons. The molecular formula is C16H19N3OS. The Hall–Kier alpha value is -1.88. The molecule has 1 amide bonds. The van der Waals surface area contributed by atoms with Crippen LogP contribution >= 0.6 is 11.3 Å². The summed E-state index contributed by atoms with van der Waals surface area (Å²) in [5.74, 6) is 0.312. The van der Waals surface area contributed by atoms with Crippen LogP contribution in [-0.4, -0.2) is 17.4 Å². The maximum absolute atomic E-state index is 12.4. The predicted molar refractivity (Wildman–Crippen MR) is 85.6 cm³/mol. The normalized spacial score (nSPS) is 17.1. The van der Waals surface area contributed by atoms with E-state index in [2.05, 4.69) is 27.8 Å². The number of thiazole rings is 1. The van der Waals surface area contributed by atoms with E-state index in [9.17, 15) is 4.79 Å². The van der Waals surface area contributed by atoms with Gasteiger partial charge >= 0.3 is 0 Å². The predicted octanol–water partition coefficient (Wildman–Crippen LogP) is 3.09. The minimum Gasteiger partial charge on any atom is -0.384 e. The van der Waals surface area contributed by atoms with Crippen LogP contribution in [0.15, 0.2) is 35.8 Å². The van der Waals surface area contributed by atoms with Gasteiger partial charge < -0.3 is 10.6 Å². The first-order valence-corrected chi connectivity index (χ1v) is 7.98. The van der Waals surface area contributed by atoms with Crippen LogP contribution in [0.5, 0.6) is 0 Å². The number of fused-ring (bicyclic) bond motifs is 1. The molecule has 1 aliphatic heterocycles. The lowest BCUT2D eigenvalue weighted by molar-refractivity contribution is -0.123. The smallest absolute Gasteiger partial charge is 0.221 e. The topological polar surface area (TPSA) is 54.0 Å². The molecule has 2 N–H and O–H groups in total. The van der Waals surface area contributed by atoms with E-state index in [-0.39, 0.29) is 11.8 Å². The van der Waals surface area contributed by atoms with Crippen molar-refractivity contribution in [3.05, 3.63) is 46.4 Å². The second-order valence-electron chi connectivity index (χ2n) is 5.88. The van der Waals surface area contributed by atoms with Crippen molar-refractivity contribution in [3.63, 3.8) is 0 Å². The maximum Gasteiger partial charge on any atom is 0.221 e. The van der Waals surface area contributed by atoms with E-state index in [0.717, 1.165) is 17.2 Å². The summed E-state index contributed by atoms with van der Waals surface area (Å²) in [7, 11) is 0. The number of amides is 1. The summed E-state index contributed by atoms with van der Waals surface area (Å²) in [6.45, 7) is 4.81. The first kappa shape index (κ1) is 14.1. The van der Waals surface area contributed by atoms with Gasteiger partial charge in [0.15, 0.2) is 0 Å². The van der Waals surface area contributed by atoms with Gasteiger partial charge in [0.1, 0.15) is 5.01 Å². The van der Waals surface area contributed by atoms with Gasteiger partial charge in [-0.1, -0.05) is 18.2 Å². The van der Waals surface area contributed by atoms with E-state index in [1.807, 2.05) is 31.4 Å². The third kappa shape index (κ3) is 2.93. The first-order valence-electron chi connectivity index (χ1n) is 7.10. The minimum absolute atomic E-state index is 0.0682. The minimum atomic E-state index is -0.420. The van der Waals surface area contributed by atoms with Gasteiger partial charge in [0.05, 0.1) is 5.54 Å². The molecule has 0 spiro atoms. The van der Waals surface area contributed by atoms with Gasteiger partial charge in [0.25, 0.3) is 0 Å². The molecule has 1 aromatic heterocycles. The number of hydrogen-bond acceptors (Lipinski definition) is 4. The van der Waals surface area contributed by atoms with Crippen LogP contribution in [0, 0.1) is 0 Å². The van der Waals surface area contributed by atoms with Crippen molar-refractivity contribution in [1.29, 1.82) is 0 Å². The number of rotatable bonds is 4. The highest BCUT2D eigenvalue weighted by Gasteiger charge is 2.29. The Morgan fingerprint density at radius 3 is 3.05 bits per heavy atom. The SMILES string of the molecule is CC(C)(NC(=O)CC1CNc2ccccc21)c1nccs1. The Morgan fingerprint density at radius 2 is 2.29 bits per heavy atom. The lowest BCUT2D eigenvalue weighted by Crippen LogP contribution is -2.41. The lowest BCUT2D eigenvalue weighted by Gasteiger charge is -2.24. The largest absolute Gasteiger partial charge is 0.384 e. The van der Waals surface area contributed by atoms with Crippen LogP contribution in [0.3, 0.4) is 0 Å². The van der Waals surface area contributed by atoms with Gasteiger partial charge in [-0.25, -0.2) is 4.98 Å². The third-order valence-electron chi connectivity index (χ3n) is 3.79. The second-order valence-corrected chi connectivity index (χ2v) is 6.77. The molecule has 3 rings (SSSR count). The van der Waals surface area contributed by atoms with Gasteiger partial charge in [0.2, 0.25) is 5.91 Å². The number of para-hydroxylation sites is 1. The molecule has 2 aromatic rings. The van der Waals surface area contributed by atoms with Crippen LogP contribution in [0.1, 0.15) is 36.8 Å². The highest BCUT2D eigenvalue weighted by atomic mass is 32.1. The number of nitrogens with zero attached hydrogens (tertiary/aromatic N) is 1. The monoisotopic (exact) mass is 301 g/mol. The number of nitrogens with one attached hydrogen (secondary N) is 2. The Labute approximate surface area is 128 Å². The molecule has 2 heterocycles. The third-order valence-corrected chi connectivity index (χ3v) is 4.89. The van der Waals surface area contributed by atoms with E-state index in [1.165, 1.54) is 5.56 Å². The van der Waals surface area contributed by atoms with E-state index in [0.29, 0.717) is 6.42 Å². The van der Waals surface area contributed by atoms with Crippen LogP contribution in [0.4, 0.5) is 5.69 Å². The van der Waals surface area contributed by atoms with Crippen molar-refractivity contribution in [1.82, 2.24) is 10.3 Å². The number of benzene rings is 1. The van der Waals surface area contributed by atoms with Crippen molar-refractivity contribution >= 4 is 22.9 Å². The van der Waals surface area contributed by atoms with E-state index < -0.39 is 5.54 Å². The Kier molecular flexibility index (Phi) is 3.68. The summed E-state index contributed by atoms with van der Waals surface area (Å²) in [6.07, 6.45) is 2.27. The Morgan fingerprint density at radius 1 is 1.48 bits per heavy atom. The summed E-state index contributed by atoms with van der Waals surface area (Å²) >= 11 is 1.56. The van der Waals surface area contributed by atoms with Crippen molar-refractivity contribution in [2.75, 3.05) is 11.9 Å². The van der Waals surface area contributed by atoms with Gasteiger partial charge in [-0.3, -0.25) is 4.79 Å². The molecule has 21 heavy (non-hydrogen) atoms. The van der Waals surface area contributed by atoms with Crippen molar-refractivity contribution in [2.24, 2.45) is 0 Å².